The van der Waals surface area contributed by atoms with Gasteiger partial charge in [-0.25, -0.2) is 0 Å². The predicted octanol–water partition coefficient (Wildman–Crippen LogP) is 3.18. The maximum Gasteiger partial charge on any atom is 0.282 e. The number of anilines is 2. The highest BCUT2D eigenvalue weighted by Gasteiger charge is 2.28. The number of nitrogens with one attached hydrogen (secondary N) is 3. The number of aromatic nitrogens is 2. The molecule has 30 heavy (non-hydrogen) atoms. The van der Waals surface area contributed by atoms with Crippen molar-refractivity contribution in [3.8, 4) is 11.5 Å². The fourth-order valence-electron chi connectivity index (χ4n) is 2.75. The molecular weight excluding hydrogens is 408 g/mol. The van der Waals surface area contributed by atoms with Crippen LogP contribution in [0.25, 0.3) is 0 Å². The molecule has 0 bridgehead atoms. The lowest BCUT2D eigenvalue weighted by atomic mass is 10.2. The van der Waals surface area contributed by atoms with Gasteiger partial charge in [0.05, 0.1) is 13.7 Å². The van der Waals surface area contributed by atoms with Crippen LogP contribution >= 0.6 is 0 Å². The average Bonchev–Trinajstić information content (AvgIpc) is 3.12. The summed E-state index contributed by atoms with van der Waals surface area (Å²) in [6.07, 6.45) is 0. The van der Waals surface area contributed by atoms with Crippen molar-refractivity contribution in [3.05, 3.63) is 59.8 Å². The molecule has 1 aromatic heterocycles. The van der Waals surface area contributed by atoms with Crippen LogP contribution in [0.4, 0.5) is 11.4 Å². The Kier molecular flexibility index (Phi) is 6.26. The minimum Gasteiger partial charge on any atom is -0.497 e. The molecule has 0 aliphatic rings. The van der Waals surface area contributed by atoms with Crippen molar-refractivity contribution in [2.75, 3.05) is 23.8 Å². The third-order valence-corrected chi connectivity index (χ3v) is 5.45. The molecule has 0 atom stereocenters. The van der Waals surface area contributed by atoms with Crippen molar-refractivity contribution < 1.29 is 22.7 Å². The minimum atomic E-state index is -4.12. The first-order valence-corrected chi connectivity index (χ1v) is 10.6. The number of carbonyl (C=O) groups is 1. The van der Waals surface area contributed by atoms with Gasteiger partial charge in [0.15, 0.2) is 0 Å². The number of amides is 1. The zero-order valence-corrected chi connectivity index (χ0v) is 17.5. The highest BCUT2D eigenvalue weighted by atomic mass is 32.2. The summed E-state index contributed by atoms with van der Waals surface area (Å²) in [5.74, 6) is 0.567. The Labute approximate surface area is 174 Å². The van der Waals surface area contributed by atoms with E-state index in [0.29, 0.717) is 35.2 Å². The van der Waals surface area contributed by atoms with Crippen LogP contribution in [0.5, 0.6) is 11.5 Å². The summed E-state index contributed by atoms with van der Waals surface area (Å²) < 4.78 is 38.7. The number of sulfonamides is 1. The lowest BCUT2D eigenvalue weighted by molar-refractivity contribution is 0.102. The number of benzene rings is 2. The molecule has 3 aromatic rings. The van der Waals surface area contributed by atoms with E-state index >= 15 is 0 Å². The van der Waals surface area contributed by atoms with E-state index in [-0.39, 0.29) is 5.56 Å². The summed E-state index contributed by atoms with van der Waals surface area (Å²) in [6, 6.07) is 13.2. The Balaban J connectivity index is 1.85. The van der Waals surface area contributed by atoms with Crippen LogP contribution in [0.3, 0.4) is 0 Å². The number of aromatic amines is 1. The number of ether oxygens (including phenoxy) is 2. The molecule has 10 heteroatoms. The van der Waals surface area contributed by atoms with Crippen molar-refractivity contribution >= 4 is 27.3 Å². The molecule has 0 fully saturated rings. The summed E-state index contributed by atoms with van der Waals surface area (Å²) in [6.45, 7) is 3.93. The van der Waals surface area contributed by atoms with E-state index in [2.05, 4.69) is 20.2 Å². The van der Waals surface area contributed by atoms with E-state index in [9.17, 15) is 13.2 Å². The maximum atomic E-state index is 12.9. The normalized spacial score (nSPS) is 11.0. The van der Waals surface area contributed by atoms with Gasteiger partial charge in [-0.2, -0.15) is 13.5 Å². The van der Waals surface area contributed by atoms with Gasteiger partial charge in [0.25, 0.3) is 15.9 Å². The summed E-state index contributed by atoms with van der Waals surface area (Å²) in [4.78, 5) is 12.8. The molecule has 0 aliphatic heterocycles. The summed E-state index contributed by atoms with van der Waals surface area (Å²) in [7, 11) is -2.60. The highest BCUT2D eigenvalue weighted by Crippen LogP contribution is 2.24. The molecule has 0 unspecified atom stereocenters. The average molecular weight is 430 g/mol. The van der Waals surface area contributed by atoms with E-state index in [1.54, 1.807) is 55.5 Å². The molecule has 1 heterocycles. The Bertz CT molecular complexity index is 1140. The molecule has 0 spiro atoms. The molecule has 3 N–H and O–H groups in total. The molecule has 0 radical (unpaired) electrons. The van der Waals surface area contributed by atoms with Crippen molar-refractivity contribution in [2.24, 2.45) is 0 Å². The monoisotopic (exact) mass is 430 g/mol. The fourth-order valence-corrected chi connectivity index (χ4v) is 3.98. The maximum absolute atomic E-state index is 12.9. The number of hydrogen-bond donors (Lipinski definition) is 3. The first kappa shape index (κ1) is 21.2. The lowest BCUT2D eigenvalue weighted by Gasteiger charge is -2.10. The van der Waals surface area contributed by atoms with Crippen molar-refractivity contribution in [3.63, 3.8) is 0 Å². The zero-order chi connectivity index (χ0) is 21.7. The van der Waals surface area contributed by atoms with Crippen LogP contribution in [0.2, 0.25) is 0 Å². The van der Waals surface area contributed by atoms with Gasteiger partial charge < -0.3 is 14.8 Å². The SMILES string of the molecule is CCOc1ccc(NS(=O)(=O)c2n[nH]c(C)c2C(=O)Nc2cccc(OC)c2)cc1. The van der Waals surface area contributed by atoms with E-state index in [1.807, 2.05) is 6.92 Å². The Morgan fingerprint density at radius 1 is 1.10 bits per heavy atom. The van der Waals surface area contributed by atoms with Gasteiger partial charge >= 0.3 is 0 Å². The molecule has 0 aliphatic carbocycles. The number of carbonyl (C=O) groups excluding carboxylic acids is 1. The fraction of sp³-hybridized carbons (Fsp3) is 0.200. The minimum absolute atomic E-state index is 0.0729. The van der Waals surface area contributed by atoms with Crippen LogP contribution in [0.1, 0.15) is 23.0 Å². The second kappa shape index (κ2) is 8.87. The molecule has 2 aromatic carbocycles. The van der Waals surface area contributed by atoms with Crippen molar-refractivity contribution in [1.82, 2.24) is 10.2 Å². The largest absolute Gasteiger partial charge is 0.497 e. The topological polar surface area (TPSA) is 122 Å². The Morgan fingerprint density at radius 2 is 1.83 bits per heavy atom. The van der Waals surface area contributed by atoms with Gasteiger partial charge in [-0.05, 0) is 50.2 Å². The van der Waals surface area contributed by atoms with Gasteiger partial charge in [-0.1, -0.05) is 6.07 Å². The lowest BCUT2D eigenvalue weighted by Crippen LogP contribution is -2.20. The first-order chi connectivity index (χ1) is 14.3. The van der Waals surface area contributed by atoms with Gasteiger partial charge in [0.2, 0.25) is 5.03 Å². The smallest absolute Gasteiger partial charge is 0.282 e. The molecule has 0 saturated carbocycles. The molecule has 1 amide bonds. The number of aryl methyl sites for hydroxylation is 1. The Morgan fingerprint density at radius 3 is 2.50 bits per heavy atom. The van der Waals surface area contributed by atoms with Crippen LogP contribution in [-0.2, 0) is 10.0 Å². The van der Waals surface area contributed by atoms with Gasteiger partial charge in [-0.3, -0.25) is 14.6 Å². The first-order valence-electron chi connectivity index (χ1n) is 9.10. The van der Waals surface area contributed by atoms with Crippen LogP contribution in [-0.4, -0.2) is 38.2 Å². The predicted molar refractivity (Wildman–Crippen MR) is 113 cm³/mol. The third-order valence-electron chi connectivity index (χ3n) is 4.14. The second-order valence-electron chi connectivity index (χ2n) is 6.28. The molecule has 0 saturated heterocycles. The van der Waals surface area contributed by atoms with E-state index in [1.165, 1.54) is 7.11 Å². The van der Waals surface area contributed by atoms with E-state index < -0.39 is 21.0 Å². The number of nitrogens with zero attached hydrogens (tertiary/aromatic N) is 1. The zero-order valence-electron chi connectivity index (χ0n) is 16.7. The van der Waals surface area contributed by atoms with Crippen LogP contribution in [0.15, 0.2) is 53.6 Å². The number of H-pyrrole nitrogens is 1. The third kappa shape index (κ3) is 4.71. The quantitative estimate of drug-likeness (QED) is 0.504. The number of methoxy groups -OCH3 is 1. The van der Waals surface area contributed by atoms with E-state index in [4.69, 9.17) is 9.47 Å². The van der Waals surface area contributed by atoms with Crippen LogP contribution in [0, 0.1) is 6.92 Å². The van der Waals surface area contributed by atoms with Gasteiger partial charge in [0, 0.05) is 23.1 Å². The molecule has 9 nitrogen and oxygen atoms in total. The molecular formula is C20H22N4O5S. The Hall–Kier alpha value is -3.53. The van der Waals surface area contributed by atoms with Crippen molar-refractivity contribution in [1.29, 1.82) is 0 Å². The second-order valence-corrected chi connectivity index (χ2v) is 7.88. The summed E-state index contributed by atoms with van der Waals surface area (Å²) in [5, 5.41) is 8.69. The number of hydrogen-bond acceptors (Lipinski definition) is 6. The molecule has 3 rings (SSSR count). The summed E-state index contributed by atoms with van der Waals surface area (Å²) in [5.41, 5.74) is 1.03. The standard InChI is InChI=1S/C20H22N4O5S/c1-4-29-16-10-8-14(9-11-16)24-30(26,27)20-18(13(2)22-23-20)19(25)21-15-6-5-7-17(12-15)28-3/h5-12,24H,4H2,1-3H3,(H,21,25)(H,22,23). The van der Waals surface area contributed by atoms with E-state index in [0.717, 1.165) is 0 Å². The van der Waals surface area contributed by atoms with Crippen LogP contribution < -0.4 is 19.5 Å². The van der Waals surface area contributed by atoms with Crippen molar-refractivity contribution in [2.45, 2.75) is 18.9 Å². The summed E-state index contributed by atoms with van der Waals surface area (Å²) >= 11 is 0. The number of rotatable bonds is 8. The highest BCUT2D eigenvalue weighted by molar-refractivity contribution is 7.92. The molecule has 158 valence electrons. The van der Waals surface area contributed by atoms with Gasteiger partial charge in [0.1, 0.15) is 17.1 Å². The van der Waals surface area contributed by atoms with Gasteiger partial charge in [-0.15, -0.1) is 0 Å².